The van der Waals surface area contributed by atoms with Crippen LogP contribution in [0, 0.1) is 13.8 Å². The van der Waals surface area contributed by atoms with Gasteiger partial charge in [0, 0.05) is 12.3 Å². The van der Waals surface area contributed by atoms with Crippen LogP contribution in [0.1, 0.15) is 28.4 Å². The predicted molar refractivity (Wildman–Crippen MR) is 75.6 cm³/mol. The number of nitrogens with zero attached hydrogens (tertiary/aromatic N) is 1. The van der Waals surface area contributed by atoms with Crippen molar-refractivity contribution in [3.63, 3.8) is 0 Å². The van der Waals surface area contributed by atoms with Gasteiger partial charge in [0.15, 0.2) is 0 Å². The Morgan fingerprint density at radius 2 is 1.83 bits per heavy atom. The van der Waals surface area contributed by atoms with E-state index in [9.17, 15) is 9.59 Å². The van der Waals surface area contributed by atoms with Crippen LogP contribution < -0.4 is 4.90 Å². The maximum Gasteiger partial charge on any atom is 0.299 e. The number of Topliss-reactive ketones (excluding diaryl/α,β-unsaturated/α-hetero) is 1. The molecule has 1 aliphatic heterocycles. The van der Waals surface area contributed by atoms with Crippen molar-refractivity contribution in [3.8, 4) is 0 Å². The van der Waals surface area contributed by atoms with E-state index in [4.69, 9.17) is 0 Å². The van der Waals surface area contributed by atoms with Gasteiger partial charge in [-0.25, -0.2) is 0 Å². The van der Waals surface area contributed by atoms with E-state index in [2.05, 4.69) is 6.92 Å². The Morgan fingerprint density at radius 1 is 1.17 bits per heavy atom. The quantitative estimate of drug-likeness (QED) is 0.619. The molecule has 0 unspecified atom stereocenters. The second-order valence-electron chi connectivity index (χ2n) is 4.41. The van der Waals surface area contributed by atoms with Gasteiger partial charge in [0.25, 0.3) is 11.7 Å². The van der Waals surface area contributed by atoms with Gasteiger partial charge in [-0.05, 0) is 30.7 Å². The van der Waals surface area contributed by atoms with Crippen molar-refractivity contribution in [3.05, 3.63) is 28.8 Å². The summed E-state index contributed by atoms with van der Waals surface area (Å²) in [5.74, 6) is 1.16. The van der Waals surface area contributed by atoms with E-state index in [0.29, 0.717) is 12.1 Å². The number of carbonyl (C=O) groups is 2. The molecule has 0 aliphatic carbocycles. The lowest BCUT2D eigenvalue weighted by molar-refractivity contribution is -0.114. The summed E-state index contributed by atoms with van der Waals surface area (Å²) in [6, 6.07) is 3.88. The van der Waals surface area contributed by atoms with Crippen LogP contribution in [0.15, 0.2) is 12.1 Å². The van der Waals surface area contributed by atoms with E-state index in [0.717, 1.165) is 28.3 Å². The van der Waals surface area contributed by atoms with Crippen molar-refractivity contribution >= 4 is 29.1 Å². The summed E-state index contributed by atoms with van der Waals surface area (Å²) in [5, 5.41) is 0. The third-order valence-electron chi connectivity index (χ3n) is 3.19. The molecule has 4 heteroatoms. The van der Waals surface area contributed by atoms with Crippen LogP contribution >= 0.6 is 11.8 Å². The Hall–Kier alpha value is -1.29. The van der Waals surface area contributed by atoms with E-state index in [1.807, 2.05) is 26.0 Å². The number of carbonyl (C=O) groups excluding carboxylic acids is 2. The minimum absolute atomic E-state index is 0.354. The second kappa shape index (κ2) is 5.14. The number of thioether (sulfide) groups is 1. The molecular weight excluding hydrogens is 246 g/mol. The Kier molecular flexibility index (Phi) is 3.76. The van der Waals surface area contributed by atoms with Gasteiger partial charge < -0.3 is 4.90 Å². The number of amides is 1. The number of hydrogen-bond acceptors (Lipinski definition) is 3. The average molecular weight is 263 g/mol. The van der Waals surface area contributed by atoms with Gasteiger partial charge in [0.1, 0.15) is 0 Å². The molecule has 0 radical (unpaired) electrons. The molecule has 0 atom stereocenters. The third kappa shape index (κ3) is 2.05. The smallest absolute Gasteiger partial charge is 0.299 e. The SMILES string of the molecule is CCSCCN1C(=O)C(=O)c2c(C)ccc(C)c21. The largest absolute Gasteiger partial charge is 0.304 e. The van der Waals surface area contributed by atoms with Gasteiger partial charge in [-0.1, -0.05) is 19.1 Å². The van der Waals surface area contributed by atoms with Gasteiger partial charge in [-0.2, -0.15) is 11.8 Å². The van der Waals surface area contributed by atoms with Crippen LogP contribution in [0.4, 0.5) is 5.69 Å². The number of hydrogen-bond donors (Lipinski definition) is 0. The van der Waals surface area contributed by atoms with Gasteiger partial charge in [-0.15, -0.1) is 0 Å². The maximum absolute atomic E-state index is 12.0. The zero-order valence-corrected chi connectivity index (χ0v) is 11.8. The molecular formula is C14H17NO2S. The molecule has 0 aromatic heterocycles. The first kappa shape index (κ1) is 13.1. The highest BCUT2D eigenvalue weighted by atomic mass is 32.2. The van der Waals surface area contributed by atoms with Crippen molar-refractivity contribution in [1.29, 1.82) is 0 Å². The summed E-state index contributed by atoms with van der Waals surface area (Å²) < 4.78 is 0. The fourth-order valence-corrected chi connectivity index (χ4v) is 2.88. The summed E-state index contributed by atoms with van der Waals surface area (Å²) in [6.07, 6.45) is 0. The lowest BCUT2D eigenvalue weighted by atomic mass is 10.0. The van der Waals surface area contributed by atoms with Gasteiger partial charge in [0.2, 0.25) is 0 Å². The lowest BCUT2D eigenvalue weighted by Gasteiger charge is -2.18. The van der Waals surface area contributed by atoms with Crippen LogP contribution in [0.2, 0.25) is 0 Å². The van der Waals surface area contributed by atoms with Gasteiger partial charge in [0.05, 0.1) is 11.3 Å². The average Bonchev–Trinajstić information content (AvgIpc) is 2.60. The van der Waals surface area contributed by atoms with Crippen LogP contribution in [0.25, 0.3) is 0 Å². The van der Waals surface area contributed by atoms with Crippen LogP contribution in [0.3, 0.4) is 0 Å². The zero-order chi connectivity index (χ0) is 13.3. The molecule has 0 bridgehead atoms. The minimum Gasteiger partial charge on any atom is -0.304 e. The summed E-state index contributed by atoms with van der Waals surface area (Å²) in [6.45, 7) is 6.53. The van der Waals surface area contributed by atoms with Crippen molar-refractivity contribution < 1.29 is 9.59 Å². The number of benzene rings is 1. The first-order valence-electron chi connectivity index (χ1n) is 6.12. The molecule has 1 amide bonds. The number of anilines is 1. The molecule has 1 aromatic rings. The molecule has 0 N–H and O–H groups in total. The Bertz CT molecular complexity index is 511. The van der Waals surface area contributed by atoms with Crippen molar-refractivity contribution in [2.24, 2.45) is 0 Å². The highest BCUT2D eigenvalue weighted by molar-refractivity contribution is 7.99. The van der Waals surface area contributed by atoms with Crippen molar-refractivity contribution in [1.82, 2.24) is 0 Å². The van der Waals surface area contributed by atoms with Crippen LogP contribution in [0.5, 0.6) is 0 Å². The highest BCUT2D eigenvalue weighted by Gasteiger charge is 2.37. The Balaban J connectivity index is 2.39. The van der Waals surface area contributed by atoms with Crippen LogP contribution in [-0.2, 0) is 4.79 Å². The molecule has 1 heterocycles. The van der Waals surface area contributed by atoms with E-state index >= 15 is 0 Å². The van der Waals surface area contributed by atoms with E-state index < -0.39 is 0 Å². The monoisotopic (exact) mass is 263 g/mol. The zero-order valence-electron chi connectivity index (χ0n) is 10.9. The van der Waals surface area contributed by atoms with Crippen molar-refractivity contribution in [2.75, 3.05) is 23.0 Å². The number of ketones is 1. The summed E-state index contributed by atoms with van der Waals surface area (Å²) in [5.41, 5.74) is 3.30. The molecule has 0 saturated heterocycles. The molecule has 0 spiro atoms. The van der Waals surface area contributed by atoms with Crippen molar-refractivity contribution in [2.45, 2.75) is 20.8 Å². The first-order valence-corrected chi connectivity index (χ1v) is 7.27. The molecule has 18 heavy (non-hydrogen) atoms. The third-order valence-corrected chi connectivity index (χ3v) is 4.07. The number of aryl methyl sites for hydroxylation is 2. The van der Waals surface area contributed by atoms with Crippen LogP contribution in [-0.4, -0.2) is 29.7 Å². The molecule has 1 aliphatic rings. The molecule has 0 fully saturated rings. The van der Waals surface area contributed by atoms with Gasteiger partial charge >= 0.3 is 0 Å². The van der Waals surface area contributed by atoms with E-state index in [-0.39, 0.29) is 11.7 Å². The summed E-state index contributed by atoms with van der Waals surface area (Å²) in [7, 11) is 0. The minimum atomic E-state index is -0.376. The summed E-state index contributed by atoms with van der Waals surface area (Å²) >= 11 is 1.78. The standard InChI is InChI=1S/C14H17NO2S/c1-4-18-8-7-15-12-10(3)6-5-9(2)11(12)13(16)14(15)17/h5-6H,4,7-8H2,1-3H3. The van der Waals surface area contributed by atoms with E-state index in [1.165, 1.54) is 0 Å². The van der Waals surface area contributed by atoms with E-state index in [1.54, 1.807) is 16.7 Å². The lowest BCUT2D eigenvalue weighted by Crippen LogP contribution is -2.32. The normalized spacial score (nSPS) is 14.3. The van der Waals surface area contributed by atoms with Gasteiger partial charge in [-0.3, -0.25) is 9.59 Å². The predicted octanol–water partition coefficient (Wildman–Crippen LogP) is 2.59. The first-order chi connectivity index (χ1) is 8.57. The highest BCUT2D eigenvalue weighted by Crippen LogP contribution is 2.34. The molecule has 0 saturated carbocycles. The Labute approximate surface area is 112 Å². The molecule has 3 nitrogen and oxygen atoms in total. The number of rotatable bonds is 4. The maximum atomic E-state index is 12.0. The topological polar surface area (TPSA) is 37.4 Å². The molecule has 2 rings (SSSR count). The summed E-state index contributed by atoms with van der Waals surface area (Å²) in [4.78, 5) is 25.7. The molecule has 96 valence electrons. The molecule has 1 aromatic carbocycles. The Morgan fingerprint density at radius 3 is 2.50 bits per heavy atom. The second-order valence-corrected chi connectivity index (χ2v) is 5.80. The fraction of sp³-hybridized carbons (Fsp3) is 0.429. The number of fused-ring (bicyclic) bond motifs is 1. The fourth-order valence-electron chi connectivity index (χ4n) is 2.28.